The molecule has 2 fully saturated rings. The fourth-order valence-electron chi connectivity index (χ4n) is 10.4. The van der Waals surface area contributed by atoms with Gasteiger partial charge in [0.2, 0.25) is 12.4 Å². The maximum Gasteiger partial charge on any atom is 0.308 e. The van der Waals surface area contributed by atoms with E-state index in [0.717, 1.165) is 122 Å². The van der Waals surface area contributed by atoms with Crippen molar-refractivity contribution in [1.29, 1.82) is 0 Å². The van der Waals surface area contributed by atoms with Crippen LogP contribution in [0.4, 0.5) is 0 Å². The number of hydrogen-bond acceptors (Lipinski definition) is 11. The Bertz CT molecular complexity index is 1530. The number of ether oxygens (including phenoxy) is 5. The molecule has 78 heavy (non-hydrogen) atoms. The van der Waals surface area contributed by atoms with Crippen molar-refractivity contribution in [1.82, 2.24) is 9.80 Å². The number of piperazine rings is 1. The number of esters is 4. The minimum Gasteiger partial charge on any atom is -0.463 e. The Labute approximate surface area is 478 Å². The van der Waals surface area contributed by atoms with Gasteiger partial charge >= 0.3 is 23.9 Å². The summed E-state index contributed by atoms with van der Waals surface area (Å²) in [7, 11) is 2.10. The van der Waals surface area contributed by atoms with Gasteiger partial charge in [-0.05, 0) is 103 Å². The fourth-order valence-corrected chi connectivity index (χ4v) is 10.4. The van der Waals surface area contributed by atoms with Crippen molar-refractivity contribution < 1.29 is 42.9 Å². The average Bonchev–Trinajstić information content (AvgIpc) is 3.76. The normalized spacial score (nSPS) is 18.2. The number of nitrogens with zero attached hydrogens (tertiary/aromatic N) is 2. The van der Waals surface area contributed by atoms with Crippen molar-refractivity contribution in [2.24, 2.45) is 0 Å². The van der Waals surface area contributed by atoms with Crippen molar-refractivity contribution >= 4 is 23.9 Å². The van der Waals surface area contributed by atoms with Gasteiger partial charge in [-0.15, -0.1) is 0 Å². The fraction of sp³-hybridized carbons (Fsp3) is 0.851. The van der Waals surface area contributed by atoms with Crippen LogP contribution in [0.5, 0.6) is 0 Å². The van der Waals surface area contributed by atoms with E-state index in [-0.39, 0.29) is 32.3 Å². The number of unbranched alkanes of at least 4 members (excludes halogenated alkanes) is 33. The van der Waals surface area contributed by atoms with Crippen LogP contribution in [-0.4, -0.2) is 105 Å². The minimum atomic E-state index is -1.30. The van der Waals surface area contributed by atoms with E-state index in [1.54, 1.807) is 0 Å². The highest BCUT2D eigenvalue weighted by atomic mass is 16.8. The van der Waals surface area contributed by atoms with Crippen molar-refractivity contribution in [3.63, 3.8) is 0 Å². The lowest BCUT2D eigenvalue weighted by Crippen LogP contribution is -2.45. The molecule has 452 valence electrons. The maximum absolute atomic E-state index is 13.6. The summed E-state index contributed by atoms with van der Waals surface area (Å²) in [5.41, 5.74) is 0. The third kappa shape index (κ3) is 41.0. The molecule has 4 unspecified atom stereocenters. The predicted molar refractivity (Wildman–Crippen MR) is 322 cm³/mol. The molecular weight excluding hydrogens is 977 g/mol. The third-order valence-electron chi connectivity index (χ3n) is 15.6. The largest absolute Gasteiger partial charge is 0.463 e. The molecular formula is C67H120N2O9. The molecule has 0 N–H and O–H groups in total. The number of likely N-dealkylation sites (N-methyl/N-ethyl adjacent to an activating group) is 1. The van der Waals surface area contributed by atoms with Crippen LogP contribution in [0.2, 0.25) is 0 Å². The van der Waals surface area contributed by atoms with Gasteiger partial charge in [0.05, 0.1) is 6.42 Å². The van der Waals surface area contributed by atoms with Crippen LogP contribution >= 0.6 is 0 Å². The summed E-state index contributed by atoms with van der Waals surface area (Å²) in [5.74, 6) is -1.74. The molecule has 2 heterocycles. The van der Waals surface area contributed by atoms with Gasteiger partial charge in [-0.1, -0.05) is 211 Å². The Balaban J connectivity index is 1.98. The summed E-state index contributed by atoms with van der Waals surface area (Å²) < 4.78 is 30.3. The number of rotatable bonds is 53. The molecule has 11 heteroatoms. The van der Waals surface area contributed by atoms with Gasteiger partial charge in [0.1, 0.15) is 12.7 Å². The summed E-state index contributed by atoms with van der Waals surface area (Å²) in [6.45, 7) is 10.8. The zero-order chi connectivity index (χ0) is 56.2. The summed E-state index contributed by atoms with van der Waals surface area (Å²) in [5, 5.41) is 0. The highest BCUT2D eigenvalue weighted by molar-refractivity contribution is 5.72. The van der Waals surface area contributed by atoms with Crippen molar-refractivity contribution in [2.75, 3.05) is 46.4 Å². The van der Waals surface area contributed by atoms with Gasteiger partial charge in [-0.2, -0.15) is 0 Å². The summed E-state index contributed by atoms with van der Waals surface area (Å²) >= 11 is 0. The van der Waals surface area contributed by atoms with E-state index < -0.39 is 48.5 Å². The van der Waals surface area contributed by atoms with Gasteiger partial charge in [-0.3, -0.25) is 19.2 Å². The molecule has 2 saturated heterocycles. The zero-order valence-electron chi connectivity index (χ0n) is 51.0. The molecule has 0 spiro atoms. The Hall–Kier alpha value is -3.02. The Morgan fingerprint density at radius 1 is 0.385 bits per heavy atom. The van der Waals surface area contributed by atoms with Crippen LogP contribution < -0.4 is 0 Å². The van der Waals surface area contributed by atoms with Gasteiger partial charge in [-0.25, -0.2) is 0 Å². The van der Waals surface area contributed by atoms with E-state index in [1.165, 1.54) is 135 Å². The van der Waals surface area contributed by atoms with Crippen LogP contribution in [0.25, 0.3) is 0 Å². The molecule has 0 aliphatic carbocycles. The number of allylic oxidation sites excluding steroid dienone is 6. The van der Waals surface area contributed by atoms with E-state index in [9.17, 15) is 19.2 Å². The molecule has 11 nitrogen and oxygen atoms in total. The van der Waals surface area contributed by atoms with E-state index in [2.05, 4.69) is 74.1 Å². The molecule has 0 amide bonds. The molecule has 0 saturated carbocycles. The predicted octanol–water partition coefficient (Wildman–Crippen LogP) is 17.4. The Morgan fingerprint density at radius 2 is 0.705 bits per heavy atom. The smallest absolute Gasteiger partial charge is 0.308 e. The average molecular weight is 1100 g/mol. The van der Waals surface area contributed by atoms with E-state index in [4.69, 9.17) is 23.7 Å². The van der Waals surface area contributed by atoms with Gasteiger partial charge in [0, 0.05) is 52.0 Å². The van der Waals surface area contributed by atoms with Crippen molar-refractivity contribution in [2.45, 2.75) is 321 Å². The molecule has 2 rings (SSSR count). The highest BCUT2D eigenvalue weighted by Crippen LogP contribution is 2.30. The molecule has 0 aromatic rings. The molecule has 0 aromatic heterocycles. The molecule has 0 aromatic carbocycles. The van der Waals surface area contributed by atoms with Gasteiger partial charge < -0.3 is 33.5 Å². The van der Waals surface area contributed by atoms with Crippen LogP contribution in [0.3, 0.4) is 0 Å². The lowest BCUT2D eigenvalue weighted by Gasteiger charge is -2.32. The Morgan fingerprint density at radius 3 is 1.08 bits per heavy atom. The van der Waals surface area contributed by atoms with Crippen LogP contribution in [-0.2, 0) is 42.9 Å². The molecule has 0 bridgehead atoms. The monoisotopic (exact) mass is 1100 g/mol. The summed E-state index contributed by atoms with van der Waals surface area (Å²) in [6.07, 6.45) is 55.2. The summed E-state index contributed by atoms with van der Waals surface area (Å²) in [6, 6.07) is 0. The molecule has 0 radical (unpaired) electrons. The maximum atomic E-state index is 13.6. The number of carbonyl (C=O) groups excluding carboxylic acids is 4. The molecule has 2 aliphatic heterocycles. The molecule has 2 aliphatic rings. The van der Waals surface area contributed by atoms with E-state index >= 15 is 0 Å². The van der Waals surface area contributed by atoms with Gasteiger partial charge in [0.25, 0.3) is 0 Å². The number of hydrogen-bond donors (Lipinski definition) is 0. The van der Waals surface area contributed by atoms with E-state index in [1.807, 2.05) is 0 Å². The first-order chi connectivity index (χ1) is 38.3. The minimum absolute atomic E-state index is 0.186. The topological polar surface area (TPSA) is 121 Å². The van der Waals surface area contributed by atoms with Crippen molar-refractivity contribution in [3.8, 4) is 0 Å². The second-order valence-corrected chi connectivity index (χ2v) is 23.0. The van der Waals surface area contributed by atoms with E-state index in [0.29, 0.717) is 25.8 Å². The third-order valence-corrected chi connectivity index (χ3v) is 15.6. The highest BCUT2D eigenvalue weighted by Gasteiger charge is 2.52. The first kappa shape index (κ1) is 71.1. The quantitative estimate of drug-likeness (QED) is 0.0250. The van der Waals surface area contributed by atoms with Crippen molar-refractivity contribution in [3.05, 3.63) is 36.5 Å². The molecule has 4 atom stereocenters. The van der Waals surface area contributed by atoms with Crippen LogP contribution in [0.1, 0.15) is 297 Å². The SMILES string of the molecule is CCCCCCCCC=CCCCCCCCC(=O)OC1OC(COC(=O)CCN2CCN(C)CC2)C(OC(=O)CCCCCCC/C=C\CCCCCCCC)C1OC(=O)CCCCCCC/C=C/CCCCCCCC. The second-order valence-electron chi connectivity index (χ2n) is 23.0. The summed E-state index contributed by atoms with van der Waals surface area (Å²) in [4.78, 5) is 58.4. The van der Waals surface area contributed by atoms with Crippen LogP contribution in [0, 0.1) is 0 Å². The lowest BCUT2D eigenvalue weighted by atomic mass is 10.1. The first-order valence-corrected chi connectivity index (χ1v) is 33.0. The standard InChI is InChI=1S/C67H120N2O9/c1-5-8-11-14-17-20-23-26-29-32-35-38-41-44-47-50-62(71)76-65-60(59-74-61(70)53-54-69-57-55-68(4)56-58-69)75-67(78-64(73)52-49-46-43-40-37-34-31-28-25-22-19-16-13-10-7-3)66(65)77-63(72)51-48-45-42-39-36-33-30-27-24-21-18-15-12-9-6-2/h26-31,60,65-67H,5-25,32-59H2,1-4H3/b29-26-,30-27+,31-28?. The first-order valence-electron chi connectivity index (χ1n) is 33.0. The van der Waals surface area contributed by atoms with Gasteiger partial charge in [0.15, 0.2) is 6.10 Å². The number of carbonyl (C=O) groups is 4. The lowest BCUT2D eigenvalue weighted by molar-refractivity contribution is -0.200. The zero-order valence-corrected chi connectivity index (χ0v) is 51.0. The van der Waals surface area contributed by atoms with Crippen LogP contribution in [0.15, 0.2) is 36.5 Å². The second kappa shape index (κ2) is 52.1. The Kier molecular flexibility index (Phi) is 47.5.